The Labute approximate surface area is 95.7 Å². The van der Waals surface area contributed by atoms with Gasteiger partial charge in [-0.3, -0.25) is 0 Å². The Morgan fingerprint density at radius 3 is 2.94 bits per heavy atom. The van der Waals surface area contributed by atoms with Gasteiger partial charge in [0.25, 0.3) is 0 Å². The third kappa shape index (κ3) is 2.10. The van der Waals surface area contributed by atoms with Gasteiger partial charge in [0.05, 0.1) is 12.1 Å². The molecule has 3 nitrogen and oxygen atoms in total. The van der Waals surface area contributed by atoms with Crippen LogP contribution in [0.5, 0.6) is 0 Å². The zero-order chi connectivity index (χ0) is 11.4. The predicted molar refractivity (Wildman–Crippen MR) is 66.4 cm³/mol. The molecule has 0 aliphatic carbocycles. The highest BCUT2D eigenvalue weighted by Crippen LogP contribution is 2.20. The smallest absolute Gasteiger partial charge is 0.0610 e. The Hall–Kier alpha value is -1.32. The van der Waals surface area contributed by atoms with Crippen LogP contribution in [0.3, 0.4) is 0 Å². The number of aromatic nitrogens is 1. The molecule has 1 heterocycles. The monoisotopic (exact) mass is 218 g/mol. The second kappa shape index (κ2) is 5.14. The molecule has 3 heteroatoms. The number of fused-ring (bicyclic) bond motifs is 1. The number of hydrogen-bond donors (Lipinski definition) is 2. The summed E-state index contributed by atoms with van der Waals surface area (Å²) >= 11 is 0. The third-order valence-electron chi connectivity index (χ3n) is 2.78. The van der Waals surface area contributed by atoms with Gasteiger partial charge in [-0.15, -0.1) is 0 Å². The average Bonchev–Trinajstić information content (AvgIpc) is 2.71. The van der Waals surface area contributed by atoms with E-state index in [4.69, 9.17) is 5.11 Å². The molecule has 0 bridgehead atoms. The van der Waals surface area contributed by atoms with Crippen molar-refractivity contribution < 1.29 is 5.11 Å². The molecule has 1 aromatic carbocycles. The fourth-order valence-electron chi connectivity index (χ4n) is 2.04. The first-order valence-electron chi connectivity index (χ1n) is 5.75. The normalized spacial score (nSPS) is 11.1. The van der Waals surface area contributed by atoms with E-state index in [0.29, 0.717) is 6.54 Å². The molecule has 1 aromatic heterocycles. The van der Waals surface area contributed by atoms with Crippen LogP contribution in [0.1, 0.15) is 12.5 Å². The highest BCUT2D eigenvalue weighted by Gasteiger charge is 2.05. The zero-order valence-corrected chi connectivity index (χ0v) is 9.61. The molecule has 0 aliphatic heterocycles. The molecule has 86 valence electrons. The second-order valence-electron chi connectivity index (χ2n) is 3.87. The number of aliphatic hydroxyl groups excluding tert-OH is 1. The largest absolute Gasteiger partial charge is 0.395 e. The lowest BCUT2D eigenvalue weighted by Gasteiger charge is -2.09. The van der Waals surface area contributed by atoms with Gasteiger partial charge in [0.15, 0.2) is 0 Å². The van der Waals surface area contributed by atoms with Crippen LogP contribution in [0, 0.1) is 0 Å². The van der Waals surface area contributed by atoms with Gasteiger partial charge in [-0.2, -0.15) is 0 Å². The summed E-state index contributed by atoms with van der Waals surface area (Å²) in [5.74, 6) is 0. The Morgan fingerprint density at radius 1 is 1.31 bits per heavy atom. The summed E-state index contributed by atoms with van der Waals surface area (Å²) in [6, 6.07) is 8.43. The van der Waals surface area contributed by atoms with Crippen LogP contribution in [0.4, 0.5) is 0 Å². The van der Waals surface area contributed by atoms with E-state index in [1.807, 2.05) is 6.20 Å². The SMILES string of the molecule is CCNCc1cccc2ccn(CCO)c12. The van der Waals surface area contributed by atoms with Gasteiger partial charge >= 0.3 is 0 Å². The Kier molecular flexibility index (Phi) is 3.59. The summed E-state index contributed by atoms with van der Waals surface area (Å²) in [5.41, 5.74) is 2.52. The molecule has 0 spiro atoms. The molecule has 0 radical (unpaired) electrons. The Bertz CT molecular complexity index is 462. The first-order chi connectivity index (χ1) is 7.86. The van der Waals surface area contributed by atoms with Crippen molar-refractivity contribution in [2.75, 3.05) is 13.2 Å². The van der Waals surface area contributed by atoms with E-state index in [1.165, 1.54) is 16.5 Å². The average molecular weight is 218 g/mol. The van der Waals surface area contributed by atoms with Crippen LogP contribution in [0.15, 0.2) is 30.5 Å². The highest BCUT2D eigenvalue weighted by atomic mass is 16.3. The van der Waals surface area contributed by atoms with Crippen molar-refractivity contribution in [2.24, 2.45) is 0 Å². The van der Waals surface area contributed by atoms with Crippen molar-refractivity contribution in [3.05, 3.63) is 36.0 Å². The molecule has 0 fully saturated rings. The van der Waals surface area contributed by atoms with Crippen molar-refractivity contribution in [1.29, 1.82) is 0 Å². The fourth-order valence-corrected chi connectivity index (χ4v) is 2.04. The summed E-state index contributed by atoms with van der Waals surface area (Å²) in [5, 5.41) is 13.6. The van der Waals surface area contributed by atoms with E-state index in [-0.39, 0.29) is 6.61 Å². The molecule has 0 atom stereocenters. The summed E-state index contributed by atoms with van der Waals surface area (Å²) in [7, 11) is 0. The van der Waals surface area contributed by atoms with Gasteiger partial charge in [-0.05, 0) is 23.6 Å². The maximum absolute atomic E-state index is 9.03. The first kappa shape index (κ1) is 11.2. The van der Waals surface area contributed by atoms with E-state index < -0.39 is 0 Å². The molecule has 2 N–H and O–H groups in total. The maximum Gasteiger partial charge on any atom is 0.0610 e. The van der Waals surface area contributed by atoms with Gasteiger partial charge < -0.3 is 15.0 Å². The number of aliphatic hydroxyl groups is 1. The molecular weight excluding hydrogens is 200 g/mol. The van der Waals surface area contributed by atoms with Crippen LogP contribution in [-0.4, -0.2) is 22.8 Å². The summed E-state index contributed by atoms with van der Waals surface area (Å²) in [4.78, 5) is 0. The molecule has 2 aromatic rings. The minimum Gasteiger partial charge on any atom is -0.395 e. The lowest BCUT2D eigenvalue weighted by atomic mass is 10.1. The first-order valence-corrected chi connectivity index (χ1v) is 5.75. The Balaban J connectivity index is 2.41. The standard InChI is InChI=1S/C13H18N2O/c1-2-14-10-12-5-3-4-11-6-7-15(8-9-16)13(11)12/h3-7,14,16H,2,8-10H2,1H3. The Morgan fingerprint density at radius 2 is 2.19 bits per heavy atom. The topological polar surface area (TPSA) is 37.2 Å². The van der Waals surface area contributed by atoms with Crippen LogP contribution in [0.2, 0.25) is 0 Å². The van der Waals surface area contributed by atoms with Gasteiger partial charge in [0, 0.05) is 19.3 Å². The van der Waals surface area contributed by atoms with Gasteiger partial charge in [-0.1, -0.05) is 25.1 Å². The number of rotatable bonds is 5. The molecule has 0 aliphatic rings. The van der Waals surface area contributed by atoms with E-state index >= 15 is 0 Å². The summed E-state index contributed by atoms with van der Waals surface area (Å²) in [6.07, 6.45) is 2.04. The molecule has 0 saturated heterocycles. The van der Waals surface area contributed by atoms with Crippen LogP contribution < -0.4 is 5.32 Å². The molecule has 0 amide bonds. The molecule has 0 saturated carbocycles. The number of nitrogens with zero attached hydrogens (tertiary/aromatic N) is 1. The number of para-hydroxylation sites is 1. The third-order valence-corrected chi connectivity index (χ3v) is 2.78. The second-order valence-corrected chi connectivity index (χ2v) is 3.87. The number of hydrogen-bond acceptors (Lipinski definition) is 2. The molecule has 0 unspecified atom stereocenters. The van der Waals surface area contributed by atoms with Crippen molar-refractivity contribution in [3.63, 3.8) is 0 Å². The van der Waals surface area contributed by atoms with Crippen LogP contribution in [-0.2, 0) is 13.1 Å². The van der Waals surface area contributed by atoms with Crippen molar-refractivity contribution in [2.45, 2.75) is 20.0 Å². The lowest BCUT2D eigenvalue weighted by molar-refractivity contribution is 0.278. The quantitative estimate of drug-likeness (QED) is 0.802. The predicted octanol–water partition coefficient (Wildman–Crippen LogP) is 1.74. The highest BCUT2D eigenvalue weighted by molar-refractivity contribution is 5.83. The van der Waals surface area contributed by atoms with Gasteiger partial charge in [0.2, 0.25) is 0 Å². The van der Waals surface area contributed by atoms with Crippen LogP contribution >= 0.6 is 0 Å². The van der Waals surface area contributed by atoms with E-state index in [9.17, 15) is 0 Å². The van der Waals surface area contributed by atoms with E-state index in [0.717, 1.165) is 13.1 Å². The van der Waals surface area contributed by atoms with Crippen molar-refractivity contribution in [1.82, 2.24) is 9.88 Å². The molecular formula is C13H18N2O. The van der Waals surface area contributed by atoms with Crippen LogP contribution in [0.25, 0.3) is 10.9 Å². The minimum atomic E-state index is 0.180. The lowest BCUT2D eigenvalue weighted by Crippen LogP contribution is -2.13. The number of benzene rings is 1. The fraction of sp³-hybridized carbons (Fsp3) is 0.385. The van der Waals surface area contributed by atoms with Crippen molar-refractivity contribution in [3.8, 4) is 0 Å². The summed E-state index contributed by atoms with van der Waals surface area (Å²) in [6.45, 7) is 4.79. The maximum atomic E-state index is 9.03. The zero-order valence-electron chi connectivity index (χ0n) is 9.61. The minimum absolute atomic E-state index is 0.180. The van der Waals surface area contributed by atoms with Gasteiger partial charge in [0.1, 0.15) is 0 Å². The van der Waals surface area contributed by atoms with Gasteiger partial charge in [-0.25, -0.2) is 0 Å². The summed E-state index contributed by atoms with van der Waals surface area (Å²) < 4.78 is 2.11. The molecule has 16 heavy (non-hydrogen) atoms. The van der Waals surface area contributed by atoms with Crippen molar-refractivity contribution >= 4 is 10.9 Å². The van der Waals surface area contributed by atoms with E-state index in [1.54, 1.807) is 0 Å². The number of nitrogens with one attached hydrogen (secondary N) is 1. The van der Waals surface area contributed by atoms with E-state index in [2.05, 4.69) is 41.1 Å². The molecule has 2 rings (SSSR count).